The Hall–Kier alpha value is -0.0400. The van der Waals surface area contributed by atoms with Crippen LogP contribution in [-0.2, 0) is 0 Å². The minimum absolute atomic E-state index is 0.734. The van der Waals surface area contributed by atoms with E-state index in [4.69, 9.17) is 0 Å². The summed E-state index contributed by atoms with van der Waals surface area (Å²) in [5.74, 6) is 0. The molecule has 0 aromatic carbocycles. The van der Waals surface area contributed by atoms with Gasteiger partial charge >= 0.3 is 0 Å². The molecule has 1 aliphatic carbocycles. The van der Waals surface area contributed by atoms with Crippen molar-refractivity contribution >= 4 is 0 Å². The summed E-state index contributed by atoms with van der Waals surface area (Å²) in [5, 5.41) is 0. The fraction of sp³-hybridized carbons (Fsp3) is 1.00. The summed E-state index contributed by atoms with van der Waals surface area (Å²) >= 11 is 0. The lowest BCUT2D eigenvalue weighted by molar-refractivity contribution is 0.128. The topological polar surface area (TPSA) is 3.24 Å². The van der Waals surface area contributed by atoms with Crippen molar-refractivity contribution in [2.24, 2.45) is 0 Å². The molecule has 0 heterocycles. The second-order valence-corrected chi connectivity index (χ2v) is 4.22. The molecule has 14 heavy (non-hydrogen) atoms. The zero-order valence-corrected chi connectivity index (χ0v) is 10.8. The maximum Gasteiger partial charge on any atom is 0.00978 e. The Kier molecular flexibility index (Phi) is 8.26. The van der Waals surface area contributed by atoms with Gasteiger partial charge in [-0.25, -0.2) is 0 Å². The maximum atomic E-state index is 2.65. The summed E-state index contributed by atoms with van der Waals surface area (Å²) < 4.78 is 0. The molecule has 1 heteroatoms. The smallest absolute Gasteiger partial charge is 0.00978 e. The van der Waals surface area contributed by atoms with Crippen molar-refractivity contribution < 1.29 is 0 Å². The van der Waals surface area contributed by atoms with Gasteiger partial charge in [0.15, 0.2) is 0 Å². The first kappa shape index (κ1) is 14.0. The second-order valence-electron chi connectivity index (χ2n) is 4.22. The van der Waals surface area contributed by atoms with Crippen LogP contribution >= 0.6 is 0 Å². The van der Waals surface area contributed by atoms with Gasteiger partial charge in [0, 0.05) is 12.1 Å². The van der Waals surface area contributed by atoms with Crippen molar-refractivity contribution in [3.8, 4) is 0 Å². The minimum atomic E-state index is 0.734. The third-order valence-corrected chi connectivity index (χ3v) is 3.07. The molecule has 0 saturated heterocycles. The van der Waals surface area contributed by atoms with Gasteiger partial charge in [-0.2, -0.15) is 0 Å². The molecule has 1 nitrogen and oxygen atoms in total. The Morgan fingerprint density at radius 1 is 1.07 bits per heavy atom. The molecule has 0 atom stereocenters. The first-order chi connectivity index (χ1) is 6.75. The van der Waals surface area contributed by atoms with E-state index in [0.29, 0.717) is 0 Å². The van der Waals surface area contributed by atoms with E-state index in [2.05, 4.69) is 25.7 Å². The molecule has 0 aromatic heterocycles. The zero-order valence-electron chi connectivity index (χ0n) is 10.8. The van der Waals surface area contributed by atoms with Crippen molar-refractivity contribution in [2.45, 2.75) is 78.8 Å². The number of hydrogen-bond donors (Lipinski definition) is 0. The number of rotatable bonds is 3. The van der Waals surface area contributed by atoms with Crippen LogP contribution in [0.25, 0.3) is 0 Å². The average molecular weight is 199 g/mol. The van der Waals surface area contributed by atoms with Crippen molar-refractivity contribution in [2.75, 3.05) is 6.54 Å². The van der Waals surface area contributed by atoms with Crippen LogP contribution in [0.4, 0.5) is 0 Å². The van der Waals surface area contributed by atoms with Crippen LogP contribution in [-0.4, -0.2) is 23.5 Å². The molecule has 1 aliphatic rings. The molecule has 0 aliphatic heterocycles. The summed E-state index contributed by atoms with van der Waals surface area (Å²) in [6, 6.07) is 1.63. The van der Waals surface area contributed by atoms with E-state index in [0.717, 1.165) is 12.1 Å². The third-order valence-electron chi connectivity index (χ3n) is 3.07. The van der Waals surface area contributed by atoms with Crippen LogP contribution in [0.15, 0.2) is 0 Å². The monoisotopic (exact) mass is 199 g/mol. The minimum Gasteiger partial charge on any atom is -0.298 e. The molecular weight excluding hydrogens is 170 g/mol. The van der Waals surface area contributed by atoms with Crippen molar-refractivity contribution in [1.29, 1.82) is 0 Å². The lowest BCUT2D eigenvalue weighted by Gasteiger charge is -2.36. The van der Waals surface area contributed by atoms with Gasteiger partial charge in [0.1, 0.15) is 0 Å². The van der Waals surface area contributed by atoms with E-state index in [9.17, 15) is 0 Å². The van der Waals surface area contributed by atoms with Gasteiger partial charge in [-0.05, 0) is 33.2 Å². The van der Waals surface area contributed by atoms with E-state index in [1.165, 1.54) is 38.6 Å². The molecule has 0 unspecified atom stereocenters. The summed E-state index contributed by atoms with van der Waals surface area (Å²) in [7, 11) is 0. The molecule has 0 N–H and O–H groups in total. The molecule has 86 valence electrons. The fourth-order valence-electron chi connectivity index (χ4n) is 2.46. The number of hydrogen-bond acceptors (Lipinski definition) is 1. The van der Waals surface area contributed by atoms with Gasteiger partial charge in [-0.1, -0.05) is 40.0 Å². The van der Waals surface area contributed by atoms with Gasteiger partial charge in [0.2, 0.25) is 0 Å². The van der Waals surface area contributed by atoms with E-state index in [1.54, 1.807) is 0 Å². The predicted molar refractivity (Wildman–Crippen MR) is 65.7 cm³/mol. The normalized spacial score (nSPS) is 18.2. The molecule has 0 aromatic rings. The standard InChI is InChI=1S/C11H23N.C2H6/c1-4-12(10(2)3)11-8-6-5-7-9-11;1-2/h10-11H,4-9H2,1-3H3;1-2H3. The third kappa shape index (κ3) is 4.45. The first-order valence-corrected chi connectivity index (χ1v) is 6.51. The van der Waals surface area contributed by atoms with Gasteiger partial charge in [0.05, 0.1) is 0 Å². The highest BCUT2D eigenvalue weighted by Crippen LogP contribution is 2.23. The van der Waals surface area contributed by atoms with Crippen molar-refractivity contribution in [1.82, 2.24) is 4.90 Å². The maximum absolute atomic E-state index is 2.65. The van der Waals surface area contributed by atoms with E-state index in [-0.39, 0.29) is 0 Å². The first-order valence-electron chi connectivity index (χ1n) is 6.51. The second kappa shape index (κ2) is 8.28. The van der Waals surface area contributed by atoms with Crippen LogP contribution in [0.2, 0.25) is 0 Å². The Bertz CT molecular complexity index is 114. The van der Waals surface area contributed by atoms with Gasteiger partial charge in [-0.3, -0.25) is 4.90 Å². The average Bonchev–Trinajstić information content (AvgIpc) is 2.23. The SMILES string of the molecule is CC.CCN(C(C)C)C1CCCCC1. The fourth-order valence-corrected chi connectivity index (χ4v) is 2.46. The molecule has 0 bridgehead atoms. The summed E-state index contributed by atoms with van der Waals surface area (Å²) in [6.45, 7) is 12.1. The van der Waals surface area contributed by atoms with Crippen LogP contribution in [0, 0.1) is 0 Å². The molecule has 0 amide bonds. The number of nitrogens with zero attached hydrogens (tertiary/aromatic N) is 1. The highest BCUT2D eigenvalue weighted by Gasteiger charge is 2.21. The van der Waals surface area contributed by atoms with Crippen molar-refractivity contribution in [3.63, 3.8) is 0 Å². The van der Waals surface area contributed by atoms with Gasteiger partial charge in [0.25, 0.3) is 0 Å². The largest absolute Gasteiger partial charge is 0.298 e. The van der Waals surface area contributed by atoms with E-state index in [1.807, 2.05) is 13.8 Å². The molecule has 0 spiro atoms. The summed E-state index contributed by atoms with van der Waals surface area (Å²) in [6.07, 6.45) is 7.24. The van der Waals surface area contributed by atoms with Crippen LogP contribution in [0.1, 0.15) is 66.7 Å². The molecule has 1 rings (SSSR count). The highest BCUT2D eigenvalue weighted by atomic mass is 15.2. The van der Waals surface area contributed by atoms with Crippen LogP contribution < -0.4 is 0 Å². The predicted octanol–water partition coefficient (Wildman–Crippen LogP) is 4.08. The van der Waals surface area contributed by atoms with Crippen molar-refractivity contribution in [3.05, 3.63) is 0 Å². The summed E-state index contributed by atoms with van der Waals surface area (Å²) in [4.78, 5) is 2.65. The van der Waals surface area contributed by atoms with E-state index < -0.39 is 0 Å². The molecule has 0 radical (unpaired) electrons. The molecular formula is C13H29N. The quantitative estimate of drug-likeness (QED) is 0.662. The Balaban J connectivity index is 0.000000791. The lowest BCUT2D eigenvalue weighted by Crippen LogP contribution is -2.41. The van der Waals surface area contributed by atoms with Crippen LogP contribution in [0.5, 0.6) is 0 Å². The van der Waals surface area contributed by atoms with Gasteiger partial charge in [-0.15, -0.1) is 0 Å². The summed E-state index contributed by atoms with van der Waals surface area (Å²) in [5.41, 5.74) is 0. The highest BCUT2D eigenvalue weighted by molar-refractivity contribution is 4.76. The Morgan fingerprint density at radius 3 is 1.93 bits per heavy atom. The van der Waals surface area contributed by atoms with Gasteiger partial charge < -0.3 is 0 Å². The molecule has 1 fully saturated rings. The Labute approximate surface area is 90.9 Å². The van der Waals surface area contributed by atoms with E-state index >= 15 is 0 Å². The Morgan fingerprint density at radius 2 is 1.57 bits per heavy atom. The lowest BCUT2D eigenvalue weighted by atomic mass is 9.93. The van der Waals surface area contributed by atoms with Crippen LogP contribution in [0.3, 0.4) is 0 Å². The molecule has 1 saturated carbocycles. The zero-order chi connectivity index (χ0) is 11.0.